The number of carbonyl (C=O) groups excluding carboxylic acids is 1. The Balaban J connectivity index is 1.56. The van der Waals surface area contributed by atoms with Crippen LogP contribution in [-0.2, 0) is 6.54 Å². The maximum Gasteiger partial charge on any atom is 0.255 e. The predicted octanol–water partition coefficient (Wildman–Crippen LogP) is 0.313. The molecule has 0 atom stereocenters. The topological polar surface area (TPSA) is 101 Å². The lowest BCUT2D eigenvalue weighted by molar-refractivity contribution is 0.0625. The van der Waals surface area contributed by atoms with Crippen molar-refractivity contribution in [3.8, 4) is 0 Å². The Hall–Kier alpha value is -2.48. The highest BCUT2D eigenvalue weighted by atomic mass is 16.6. The van der Waals surface area contributed by atoms with Gasteiger partial charge in [0.25, 0.3) is 5.91 Å². The van der Waals surface area contributed by atoms with Crippen LogP contribution in [0.3, 0.4) is 0 Å². The molecule has 1 saturated heterocycles. The van der Waals surface area contributed by atoms with Gasteiger partial charge in [-0.3, -0.25) is 9.69 Å². The van der Waals surface area contributed by atoms with E-state index in [2.05, 4.69) is 20.2 Å². The maximum absolute atomic E-state index is 12.4. The zero-order chi connectivity index (χ0) is 15.5. The van der Waals surface area contributed by atoms with Gasteiger partial charge in [-0.15, -0.1) is 0 Å². The third kappa shape index (κ3) is 3.06. The van der Waals surface area contributed by atoms with Crippen LogP contribution in [0.1, 0.15) is 21.7 Å². The molecular formula is C14H18N6O2. The van der Waals surface area contributed by atoms with Crippen molar-refractivity contribution in [1.29, 1.82) is 0 Å². The van der Waals surface area contributed by atoms with Crippen molar-refractivity contribution < 1.29 is 9.42 Å². The Morgan fingerprint density at radius 3 is 2.64 bits per heavy atom. The van der Waals surface area contributed by atoms with Gasteiger partial charge < -0.3 is 10.6 Å². The van der Waals surface area contributed by atoms with E-state index in [1.54, 1.807) is 12.1 Å². The summed E-state index contributed by atoms with van der Waals surface area (Å²) in [5.74, 6) is 0.407. The Kier molecular flexibility index (Phi) is 4.01. The van der Waals surface area contributed by atoms with Crippen molar-refractivity contribution in [3.05, 3.63) is 35.3 Å². The van der Waals surface area contributed by atoms with Crippen molar-refractivity contribution in [3.63, 3.8) is 0 Å². The van der Waals surface area contributed by atoms with E-state index >= 15 is 0 Å². The number of aryl methyl sites for hydroxylation is 1. The highest BCUT2D eigenvalue weighted by Gasteiger charge is 2.23. The number of hydrogen-bond acceptors (Lipinski definition) is 7. The minimum Gasteiger partial charge on any atom is -0.384 e. The number of rotatable bonds is 3. The molecule has 116 valence electrons. The second-order valence-corrected chi connectivity index (χ2v) is 5.34. The average molecular weight is 302 g/mol. The molecule has 1 aliphatic heterocycles. The minimum absolute atomic E-state index is 0.00793. The van der Waals surface area contributed by atoms with Crippen LogP contribution >= 0.6 is 0 Å². The highest BCUT2D eigenvalue weighted by molar-refractivity contribution is 5.94. The number of carbonyl (C=O) groups is 1. The maximum atomic E-state index is 12.4. The summed E-state index contributed by atoms with van der Waals surface area (Å²) in [4.78, 5) is 20.4. The third-order valence-corrected chi connectivity index (χ3v) is 3.81. The monoisotopic (exact) mass is 302 g/mol. The second kappa shape index (κ2) is 6.10. The molecule has 1 amide bonds. The molecule has 2 aromatic rings. The Bertz CT molecular complexity index is 646. The number of aromatic nitrogens is 3. The lowest BCUT2D eigenvalue weighted by atomic mass is 10.2. The summed E-state index contributed by atoms with van der Waals surface area (Å²) >= 11 is 0. The van der Waals surface area contributed by atoms with Gasteiger partial charge >= 0.3 is 0 Å². The molecule has 0 radical (unpaired) electrons. The number of hydrogen-bond donors (Lipinski definition) is 1. The minimum atomic E-state index is -0.00793. The van der Waals surface area contributed by atoms with E-state index in [4.69, 9.17) is 10.4 Å². The summed E-state index contributed by atoms with van der Waals surface area (Å²) < 4.78 is 4.71. The van der Waals surface area contributed by atoms with Crippen LogP contribution in [-0.4, -0.2) is 57.2 Å². The Labute approximate surface area is 127 Å². The van der Waals surface area contributed by atoms with Crippen LogP contribution in [0, 0.1) is 6.92 Å². The largest absolute Gasteiger partial charge is 0.384 e. The number of nitrogens with two attached hydrogens (primary N) is 1. The standard InChI is InChI=1S/C14H18N6O2/c1-10-12(18-22-17-10)9-19-4-6-20(7-5-19)14(21)11-2-3-13(15)16-8-11/h2-3,8H,4-7,9H2,1H3,(H2,15,16). The summed E-state index contributed by atoms with van der Waals surface area (Å²) in [6.45, 7) is 5.50. The predicted molar refractivity (Wildman–Crippen MR) is 78.9 cm³/mol. The number of amides is 1. The number of nitrogen functional groups attached to an aromatic ring is 1. The van der Waals surface area contributed by atoms with E-state index in [-0.39, 0.29) is 5.91 Å². The summed E-state index contributed by atoms with van der Waals surface area (Å²) in [6.07, 6.45) is 1.52. The molecule has 0 saturated carbocycles. The van der Waals surface area contributed by atoms with Gasteiger partial charge in [0.2, 0.25) is 0 Å². The fraction of sp³-hybridized carbons (Fsp3) is 0.429. The summed E-state index contributed by atoms with van der Waals surface area (Å²) in [6, 6.07) is 3.35. The number of anilines is 1. The lowest BCUT2D eigenvalue weighted by Gasteiger charge is -2.34. The van der Waals surface area contributed by atoms with E-state index in [1.165, 1.54) is 6.20 Å². The van der Waals surface area contributed by atoms with Crippen molar-refractivity contribution in [2.75, 3.05) is 31.9 Å². The molecule has 2 N–H and O–H groups in total. The van der Waals surface area contributed by atoms with Gasteiger partial charge in [-0.2, -0.15) is 0 Å². The van der Waals surface area contributed by atoms with Gasteiger partial charge in [0, 0.05) is 38.9 Å². The smallest absolute Gasteiger partial charge is 0.255 e. The summed E-state index contributed by atoms with van der Waals surface area (Å²) in [5, 5.41) is 7.67. The molecule has 0 bridgehead atoms. The fourth-order valence-electron chi connectivity index (χ4n) is 2.43. The summed E-state index contributed by atoms with van der Waals surface area (Å²) in [5.41, 5.74) is 7.77. The molecule has 2 aromatic heterocycles. The first-order valence-corrected chi connectivity index (χ1v) is 7.14. The van der Waals surface area contributed by atoms with Crippen LogP contribution < -0.4 is 5.73 Å². The Morgan fingerprint density at radius 1 is 1.27 bits per heavy atom. The van der Waals surface area contributed by atoms with Crippen LogP contribution in [0.15, 0.2) is 23.0 Å². The van der Waals surface area contributed by atoms with Crippen molar-refractivity contribution in [2.45, 2.75) is 13.5 Å². The molecular weight excluding hydrogens is 284 g/mol. The quantitative estimate of drug-likeness (QED) is 0.870. The SMILES string of the molecule is Cc1nonc1CN1CCN(C(=O)c2ccc(N)nc2)CC1. The molecule has 0 unspecified atom stereocenters. The van der Waals surface area contributed by atoms with E-state index in [0.29, 0.717) is 31.0 Å². The van der Waals surface area contributed by atoms with E-state index < -0.39 is 0 Å². The molecule has 0 aromatic carbocycles. The van der Waals surface area contributed by atoms with E-state index in [9.17, 15) is 4.79 Å². The number of piperazine rings is 1. The molecule has 3 heterocycles. The van der Waals surface area contributed by atoms with E-state index in [1.807, 2.05) is 11.8 Å². The first-order chi connectivity index (χ1) is 10.6. The second-order valence-electron chi connectivity index (χ2n) is 5.34. The molecule has 8 heteroatoms. The Morgan fingerprint density at radius 2 is 2.05 bits per heavy atom. The van der Waals surface area contributed by atoms with Gasteiger partial charge in [-0.25, -0.2) is 9.61 Å². The van der Waals surface area contributed by atoms with Crippen LogP contribution in [0.25, 0.3) is 0 Å². The van der Waals surface area contributed by atoms with Crippen LogP contribution in [0.2, 0.25) is 0 Å². The van der Waals surface area contributed by atoms with Crippen molar-refractivity contribution in [1.82, 2.24) is 25.1 Å². The lowest BCUT2D eigenvalue weighted by Crippen LogP contribution is -2.48. The first-order valence-electron chi connectivity index (χ1n) is 7.14. The van der Waals surface area contributed by atoms with Gasteiger partial charge in [0.15, 0.2) is 0 Å². The molecule has 0 aliphatic carbocycles. The normalized spacial score (nSPS) is 16.0. The first kappa shape index (κ1) is 14.5. The zero-order valence-electron chi connectivity index (χ0n) is 12.4. The number of nitrogens with zero attached hydrogens (tertiary/aromatic N) is 5. The molecule has 22 heavy (non-hydrogen) atoms. The van der Waals surface area contributed by atoms with Crippen molar-refractivity contribution >= 4 is 11.7 Å². The highest BCUT2D eigenvalue weighted by Crippen LogP contribution is 2.12. The van der Waals surface area contributed by atoms with Crippen molar-refractivity contribution in [2.24, 2.45) is 0 Å². The zero-order valence-corrected chi connectivity index (χ0v) is 12.4. The number of pyridine rings is 1. The van der Waals surface area contributed by atoms with Gasteiger partial charge in [0.05, 0.1) is 5.56 Å². The third-order valence-electron chi connectivity index (χ3n) is 3.81. The van der Waals surface area contributed by atoms with Gasteiger partial charge in [-0.1, -0.05) is 10.3 Å². The van der Waals surface area contributed by atoms with E-state index in [0.717, 1.165) is 24.5 Å². The summed E-state index contributed by atoms with van der Waals surface area (Å²) in [7, 11) is 0. The molecule has 1 fully saturated rings. The van der Waals surface area contributed by atoms with Gasteiger partial charge in [0.1, 0.15) is 17.2 Å². The van der Waals surface area contributed by atoms with Crippen LogP contribution in [0.5, 0.6) is 0 Å². The fourth-order valence-corrected chi connectivity index (χ4v) is 2.43. The molecule has 8 nitrogen and oxygen atoms in total. The van der Waals surface area contributed by atoms with Gasteiger partial charge in [-0.05, 0) is 19.1 Å². The average Bonchev–Trinajstić information content (AvgIpc) is 2.93. The molecule has 1 aliphatic rings. The molecule has 3 rings (SSSR count). The molecule has 0 spiro atoms. The van der Waals surface area contributed by atoms with Crippen LogP contribution in [0.4, 0.5) is 5.82 Å².